The molecular formula is C38H53FO4. The molecule has 1 N–H and O–H groups in total. The number of halogens is 1. The summed E-state index contributed by atoms with van der Waals surface area (Å²) in [4.78, 5) is 12.0. The molecule has 0 spiro atoms. The lowest BCUT2D eigenvalue weighted by molar-refractivity contribution is -0.142. The fourth-order valence-electron chi connectivity index (χ4n) is 7.64. The Labute approximate surface area is 259 Å². The highest BCUT2D eigenvalue weighted by Gasteiger charge is 2.34. The van der Waals surface area contributed by atoms with E-state index >= 15 is 0 Å². The molecule has 2 aliphatic rings. The van der Waals surface area contributed by atoms with Gasteiger partial charge >= 0.3 is 5.97 Å². The van der Waals surface area contributed by atoms with Gasteiger partial charge in [0.1, 0.15) is 5.82 Å². The van der Waals surface area contributed by atoms with Gasteiger partial charge in [-0.2, -0.15) is 0 Å². The molecule has 0 amide bonds. The van der Waals surface area contributed by atoms with E-state index in [4.69, 9.17) is 14.6 Å². The van der Waals surface area contributed by atoms with E-state index in [1.54, 1.807) is 13.2 Å². The molecule has 236 valence electrons. The van der Waals surface area contributed by atoms with Gasteiger partial charge in [0.05, 0.1) is 25.4 Å². The smallest absolute Gasteiger partial charge is 0.335 e. The first-order valence-electron chi connectivity index (χ1n) is 16.7. The number of methoxy groups -OCH3 is 1. The normalized spacial score (nSPS) is 23.1. The molecule has 2 saturated carbocycles. The van der Waals surface area contributed by atoms with E-state index in [1.165, 1.54) is 49.7 Å². The van der Waals surface area contributed by atoms with Gasteiger partial charge in [0, 0.05) is 13.0 Å². The fraction of sp³-hybridized carbons (Fsp3) is 0.605. The number of esters is 1. The Morgan fingerprint density at radius 1 is 0.977 bits per heavy atom. The molecule has 2 aromatic rings. The lowest BCUT2D eigenvalue weighted by Gasteiger charge is -2.39. The number of carbonyl (C=O) groups excluding carboxylic acids is 1. The van der Waals surface area contributed by atoms with Crippen molar-refractivity contribution in [1.29, 1.82) is 0 Å². The van der Waals surface area contributed by atoms with Crippen LogP contribution in [0.4, 0.5) is 4.39 Å². The summed E-state index contributed by atoms with van der Waals surface area (Å²) in [7, 11) is 1.70. The number of aliphatic hydroxyl groups is 1. The van der Waals surface area contributed by atoms with E-state index in [0.29, 0.717) is 25.0 Å². The Morgan fingerprint density at radius 2 is 1.67 bits per heavy atom. The molecule has 4 rings (SSSR count). The number of hydrogen-bond donors (Lipinski definition) is 1. The molecule has 5 heteroatoms. The van der Waals surface area contributed by atoms with Gasteiger partial charge in [-0.15, -0.1) is 0 Å². The third kappa shape index (κ3) is 9.01. The Kier molecular flexibility index (Phi) is 12.8. The molecule has 1 unspecified atom stereocenters. The minimum atomic E-state index is -0.514. The number of rotatable bonds is 14. The van der Waals surface area contributed by atoms with Crippen LogP contribution in [0.2, 0.25) is 0 Å². The first kappa shape index (κ1) is 33.4. The van der Waals surface area contributed by atoms with Crippen LogP contribution in [-0.2, 0) is 20.7 Å². The van der Waals surface area contributed by atoms with E-state index < -0.39 is 5.97 Å². The summed E-state index contributed by atoms with van der Waals surface area (Å²) in [6.07, 6.45) is 14.0. The van der Waals surface area contributed by atoms with Crippen molar-refractivity contribution in [2.24, 2.45) is 23.7 Å². The van der Waals surface area contributed by atoms with Gasteiger partial charge in [-0.1, -0.05) is 56.7 Å². The molecule has 0 aromatic heterocycles. The van der Waals surface area contributed by atoms with Crippen LogP contribution < -0.4 is 0 Å². The fourth-order valence-corrected chi connectivity index (χ4v) is 7.64. The minimum Gasteiger partial charge on any atom is -0.462 e. The number of ether oxygens (including phenoxy) is 2. The topological polar surface area (TPSA) is 55.8 Å². The predicted octanol–water partition coefficient (Wildman–Crippen LogP) is 8.97. The first-order chi connectivity index (χ1) is 20.8. The maximum atomic E-state index is 14.8. The van der Waals surface area contributed by atoms with Crippen LogP contribution in [0.1, 0.15) is 100 Å². The average molecular weight is 593 g/mol. The molecule has 2 aromatic carbocycles. The van der Waals surface area contributed by atoms with E-state index in [1.807, 2.05) is 6.07 Å². The second-order valence-corrected chi connectivity index (χ2v) is 13.2. The largest absolute Gasteiger partial charge is 0.462 e. The Morgan fingerprint density at radius 3 is 2.28 bits per heavy atom. The first-order valence-corrected chi connectivity index (χ1v) is 16.7. The third-order valence-corrected chi connectivity index (χ3v) is 10.3. The van der Waals surface area contributed by atoms with Crippen LogP contribution in [0.3, 0.4) is 0 Å². The monoisotopic (exact) mass is 592 g/mol. The van der Waals surface area contributed by atoms with Gasteiger partial charge in [0.15, 0.2) is 0 Å². The molecule has 4 nitrogen and oxygen atoms in total. The zero-order chi connectivity index (χ0) is 30.8. The molecule has 0 heterocycles. The molecule has 0 radical (unpaired) electrons. The average Bonchev–Trinajstić information content (AvgIpc) is 3.03. The second kappa shape index (κ2) is 16.5. The third-order valence-electron chi connectivity index (χ3n) is 10.3. The quantitative estimate of drug-likeness (QED) is 0.135. The standard InChI is InChI=1S/C38H53FO4/c1-5-6-7-8-32-17-18-34(22-37(32)39)36-20-19-33(21-26(36)2)30-13-9-28(10-14-30)29-11-15-31(16-12-29)35(24-42-4)25-43-38(41)27(3)23-40/h17-22,28-31,35,40H,3,5-16,23-25H2,1-2,4H3. The lowest BCUT2D eigenvalue weighted by atomic mass is 9.67. The van der Waals surface area contributed by atoms with E-state index in [9.17, 15) is 9.18 Å². The highest BCUT2D eigenvalue weighted by molar-refractivity contribution is 5.87. The highest BCUT2D eigenvalue weighted by atomic mass is 19.1. The molecule has 0 aliphatic heterocycles. The Hall–Kier alpha value is -2.50. The zero-order valence-corrected chi connectivity index (χ0v) is 26.7. The molecule has 0 saturated heterocycles. The van der Waals surface area contributed by atoms with Crippen LogP contribution in [0.15, 0.2) is 48.6 Å². The predicted molar refractivity (Wildman–Crippen MR) is 172 cm³/mol. The summed E-state index contributed by atoms with van der Waals surface area (Å²) >= 11 is 0. The van der Waals surface area contributed by atoms with Crippen molar-refractivity contribution in [3.63, 3.8) is 0 Å². The zero-order valence-electron chi connectivity index (χ0n) is 26.7. The Bertz CT molecular complexity index is 1190. The maximum Gasteiger partial charge on any atom is 0.335 e. The summed E-state index contributed by atoms with van der Waals surface area (Å²) in [6, 6.07) is 12.6. The molecule has 2 aliphatic carbocycles. The summed E-state index contributed by atoms with van der Waals surface area (Å²) in [5.41, 5.74) is 5.70. The number of unbranched alkanes of at least 4 members (excludes halogenated alkanes) is 2. The van der Waals surface area contributed by atoms with Gasteiger partial charge < -0.3 is 14.6 Å². The second-order valence-electron chi connectivity index (χ2n) is 13.2. The van der Waals surface area contributed by atoms with Crippen molar-refractivity contribution >= 4 is 5.97 Å². The number of aryl methyl sites for hydroxylation is 2. The molecule has 43 heavy (non-hydrogen) atoms. The van der Waals surface area contributed by atoms with Gasteiger partial charge in [-0.3, -0.25) is 0 Å². The highest BCUT2D eigenvalue weighted by Crippen LogP contribution is 2.45. The molecule has 2 fully saturated rings. The van der Waals surface area contributed by atoms with E-state index in [0.717, 1.165) is 67.1 Å². The van der Waals surface area contributed by atoms with Crippen LogP contribution in [0.25, 0.3) is 11.1 Å². The number of hydrogen-bond acceptors (Lipinski definition) is 4. The van der Waals surface area contributed by atoms with Gasteiger partial charge in [0.25, 0.3) is 0 Å². The number of aliphatic hydroxyl groups excluding tert-OH is 1. The van der Waals surface area contributed by atoms with E-state index in [-0.39, 0.29) is 23.9 Å². The molecule has 1 atom stereocenters. The van der Waals surface area contributed by atoms with E-state index in [2.05, 4.69) is 44.7 Å². The van der Waals surface area contributed by atoms with Crippen LogP contribution in [0.5, 0.6) is 0 Å². The lowest BCUT2D eigenvalue weighted by Crippen LogP contribution is -2.32. The van der Waals surface area contributed by atoms with Crippen molar-refractivity contribution in [3.8, 4) is 11.1 Å². The summed E-state index contributed by atoms with van der Waals surface area (Å²) < 4.78 is 25.7. The Balaban J connectivity index is 1.27. The summed E-state index contributed by atoms with van der Waals surface area (Å²) in [6.45, 7) is 8.43. The van der Waals surface area contributed by atoms with Crippen LogP contribution >= 0.6 is 0 Å². The van der Waals surface area contributed by atoms with Crippen molar-refractivity contribution in [3.05, 3.63) is 71.1 Å². The van der Waals surface area contributed by atoms with Crippen molar-refractivity contribution in [2.75, 3.05) is 26.9 Å². The number of carbonyl (C=O) groups is 1. The van der Waals surface area contributed by atoms with Gasteiger partial charge in [0.2, 0.25) is 0 Å². The SMILES string of the molecule is C=C(CO)C(=O)OCC(COC)C1CCC(C2CCC(c3ccc(-c4ccc(CCCCC)c(F)c4)c(C)c3)CC2)CC1. The summed E-state index contributed by atoms with van der Waals surface area (Å²) in [5.74, 6) is 2.26. The molecule has 0 bridgehead atoms. The van der Waals surface area contributed by atoms with Gasteiger partial charge in [-0.25, -0.2) is 9.18 Å². The van der Waals surface area contributed by atoms with Crippen molar-refractivity contribution in [2.45, 2.75) is 96.8 Å². The number of benzene rings is 2. The summed E-state index contributed by atoms with van der Waals surface area (Å²) in [5, 5.41) is 9.13. The van der Waals surface area contributed by atoms with Crippen molar-refractivity contribution < 1.29 is 23.8 Å². The van der Waals surface area contributed by atoms with Crippen molar-refractivity contribution in [1.82, 2.24) is 0 Å². The van der Waals surface area contributed by atoms with Crippen LogP contribution in [-0.4, -0.2) is 38.0 Å². The van der Waals surface area contributed by atoms with Crippen LogP contribution in [0, 0.1) is 36.4 Å². The molecular weight excluding hydrogens is 539 g/mol. The minimum absolute atomic E-state index is 0.0774. The maximum absolute atomic E-state index is 14.8. The van der Waals surface area contributed by atoms with Gasteiger partial charge in [-0.05, 0) is 129 Å².